The third kappa shape index (κ3) is 3.21. The Balaban J connectivity index is 2.13. The normalized spacial score (nSPS) is 15.5. The highest BCUT2D eigenvalue weighted by Gasteiger charge is 2.26. The maximum absolute atomic E-state index is 10.6. The molecule has 1 saturated carbocycles. The summed E-state index contributed by atoms with van der Waals surface area (Å²) in [7, 11) is 0. The number of hydrogen-bond acceptors (Lipinski definition) is 4. The van der Waals surface area contributed by atoms with Crippen LogP contribution in [0.15, 0.2) is 5.16 Å². The van der Waals surface area contributed by atoms with Crippen LogP contribution in [-0.4, -0.2) is 31.6 Å². The van der Waals surface area contributed by atoms with Crippen LogP contribution in [0.4, 0.5) is 0 Å². The summed E-state index contributed by atoms with van der Waals surface area (Å²) in [6.45, 7) is 4.15. The van der Waals surface area contributed by atoms with Gasteiger partial charge in [-0.1, -0.05) is 11.8 Å². The van der Waals surface area contributed by atoms with Crippen molar-refractivity contribution in [3.63, 3.8) is 0 Å². The van der Waals surface area contributed by atoms with E-state index in [2.05, 4.69) is 28.6 Å². The van der Waals surface area contributed by atoms with Crippen LogP contribution in [0.2, 0.25) is 0 Å². The summed E-state index contributed by atoms with van der Waals surface area (Å²) in [5.41, 5.74) is 0. The monoisotopic (exact) mass is 255 g/mol. The molecule has 1 aromatic heterocycles. The summed E-state index contributed by atoms with van der Waals surface area (Å²) in [5, 5.41) is 17.7. The van der Waals surface area contributed by atoms with Crippen LogP contribution in [0.1, 0.15) is 38.6 Å². The number of carboxylic acids is 1. The lowest BCUT2D eigenvalue weighted by Crippen LogP contribution is -2.09. The van der Waals surface area contributed by atoms with Crippen molar-refractivity contribution >= 4 is 17.7 Å². The summed E-state index contributed by atoms with van der Waals surface area (Å²) < 4.78 is 2.06. The molecule has 0 atom stereocenters. The third-order valence-corrected chi connectivity index (χ3v) is 3.67. The molecule has 0 amide bonds. The number of nitrogens with zero attached hydrogens (tertiary/aromatic N) is 3. The molecule has 1 aliphatic rings. The minimum atomic E-state index is -0.822. The van der Waals surface area contributed by atoms with Crippen LogP contribution < -0.4 is 0 Å². The van der Waals surface area contributed by atoms with Crippen molar-refractivity contribution in [2.75, 3.05) is 5.75 Å². The van der Waals surface area contributed by atoms with E-state index in [-0.39, 0.29) is 11.8 Å². The zero-order chi connectivity index (χ0) is 12.4. The number of rotatable bonds is 6. The summed E-state index contributed by atoms with van der Waals surface area (Å²) >= 11 is 1.24. The lowest BCUT2D eigenvalue weighted by molar-refractivity contribution is -0.133. The van der Waals surface area contributed by atoms with Crippen LogP contribution in [0.25, 0.3) is 0 Å². The molecule has 1 fully saturated rings. The molecule has 0 radical (unpaired) electrons. The van der Waals surface area contributed by atoms with E-state index in [0.29, 0.717) is 0 Å². The smallest absolute Gasteiger partial charge is 0.313 e. The molecule has 1 aliphatic carbocycles. The Morgan fingerprint density at radius 3 is 2.76 bits per heavy atom. The zero-order valence-electron chi connectivity index (χ0n) is 10.1. The SMILES string of the molecule is CC(C)n1c(CC2CC2)nnc1SCC(=O)O. The molecule has 17 heavy (non-hydrogen) atoms. The molecular weight excluding hydrogens is 238 g/mol. The average molecular weight is 255 g/mol. The van der Waals surface area contributed by atoms with Gasteiger partial charge in [0, 0.05) is 12.5 Å². The van der Waals surface area contributed by atoms with Crippen LogP contribution in [-0.2, 0) is 11.2 Å². The molecule has 6 heteroatoms. The molecule has 2 rings (SSSR count). The first-order valence-electron chi connectivity index (χ1n) is 5.86. The average Bonchev–Trinajstić information content (AvgIpc) is 2.94. The second-order valence-electron chi connectivity index (χ2n) is 4.69. The molecule has 1 N–H and O–H groups in total. The first kappa shape index (κ1) is 12.4. The molecule has 0 saturated heterocycles. The van der Waals surface area contributed by atoms with E-state index >= 15 is 0 Å². The van der Waals surface area contributed by atoms with Gasteiger partial charge in [-0.15, -0.1) is 10.2 Å². The summed E-state index contributed by atoms with van der Waals surface area (Å²) in [6.07, 6.45) is 3.53. The molecule has 0 aromatic carbocycles. The van der Waals surface area contributed by atoms with Crippen molar-refractivity contribution in [2.45, 2.75) is 44.3 Å². The maximum atomic E-state index is 10.6. The molecule has 0 bridgehead atoms. The second kappa shape index (κ2) is 5.08. The van der Waals surface area contributed by atoms with E-state index in [4.69, 9.17) is 5.11 Å². The van der Waals surface area contributed by atoms with Gasteiger partial charge in [0.05, 0.1) is 5.75 Å². The quantitative estimate of drug-likeness (QED) is 0.787. The Bertz CT molecular complexity index is 413. The van der Waals surface area contributed by atoms with Gasteiger partial charge < -0.3 is 9.67 Å². The van der Waals surface area contributed by atoms with E-state index in [1.807, 2.05) is 0 Å². The van der Waals surface area contributed by atoms with E-state index in [0.717, 1.165) is 23.3 Å². The van der Waals surface area contributed by atoms with E-state index in [1.54, 1.807) is 0 Å². The highest BCUT2D eigenvalue weighted by molar-refractivity contribution is 7.99. The van der Waals surface area contributed by atoms with Gasteiger partial charge in [0.2, 0.25) is 0 Å². The second-order valence-corrected chi connectivity index (χ2v) is 5.63. The van der Waals surface area contributed by atoms with Crippen LogP contribution in [0, 0.1) is 5.92 Å². The van der Waals surface area contributed by atoms with Gasteiger partial charge in [-0.3, -0.25) is 4.79 Å². The van der Waals surface area contributed by atoms with Gasteiger partial charge in [-0.25, -0.2) is 0 Å². The minimum Gasteiger partial charge on any atom is -0.481 e. The number of thioether (sulfide) groups is 1. The molecule has 0 spiro atoms. The summed E-state index contributed by atoms with van der Waals surface area (Å²) in [4.78, 5) is 10.6. The number of carboxylic acid groups (broad SMARTS) is 1. The van der Waals surface area contributed by atoms with E-state index in [9.17, 15) is 4.79 Å². The number of aromatic nitrogens is 3. The van der Waals surface area contributed by atoms with Crippen molar-refractivity contribution in [2.24, 2.45) is 5.92 Å². The van der Waals surface area contributed by atoms with Crippen molar-refractivity contribution in [3.05, 3.63) is 5.82 Å². The Morgan fingerprint density at radius 2 is 2.24 bits per heavy atom. The van der Waals surface area contributed by atoms with Gasteiger partial charge in [0.15, 0.2) is 5.16 Å². The molecule has 1 aromatic rings. The number of carbonyl (C=O) groups is 1. The fourth-order valence-electron chi connectivity index (χ4n) is 1.77. The molecule has 5 nitrogen and oxygen atoms in total. The standard InChI is InChI=1S/C11H17N3O2S/c1-7(2)14-9(5-8-3-4-8)12-13-11(14)17-6-10(15)16/h7-8H,3-6H2,1-2H3,(H,15,16). The van der Waals surface area contributed by atoms with E-state index < -0.39 is 5.97 Å². The Kier molecular flexibility index (Phi) is 3.71. The first-order valence-corrected chi connectivity index (χ1v) is 6.85. The van der Waals surface area contributed by atoms with Gasteiger partial charge in [0.25, 0.3) is 0 Å². The highest BCUT2D eigenvalue weighted by Crippen LogP contribution is 2.33. The highest BCUT2D eigenvalue weighted by atomic mass is 32.2. The predicted octanol–water partition coefficient (Wildman–Crippen LogP) is 1.99. The molecule has 94 valence electrons. The molecule has 0 unspecified atom stereocenters. The van der Waals surface area contributed by atoms with Crippen molar-refractivity contribution in [3.8, 4) is 0 Å². The summed E-state index contributed by atoms with van der Waals surface area (Å²) in [5.74, 6) is 0.968. The first-order chi connectivity index (χ1) is 8.08. The maximum Gasteiger partial charge on any atom is 0.313 e. The van der Waals surface area contributed by atoms with Crippen LogP contribution in [0.5, 0.6) is 0 Å². The van der Waals surface area contributed by atoms with Crippen molar-refractivity contribution in [1.82, 2.24) is 14.8 Å². The van der Waals surface area contributed by atoms with Gasteiger partial charge in [-0.05, 0) is 32.6 Å². The largest absolute Gasteiger partial charge is 0.481 e. The lowest BCUT2D eigenvalue weighted by atomic mass is 10.2. The fourth-order valence-corrected chi connectivity index (χ4v) is 2.58. The van der Waals surface area contributed by atoms with Gasteiger partial charge >= 0.3 is 5.97 Å². The molecule has 0 aliphatic heterocycles. The molecular formula is C11H17N3O2S. The minimum absolute atomic E-state index is 0.0360. The van der Waals surface area contributed by atoms with Gasteiger partial charge in [0.1, 0.15) is 5.82 Å². The van der Waals surface area contributed by atoms with Crippen molar-refractivity contribution in [1.29, 1.82) is 0 Å². The molecule has 1 heterocycles. The van der Waals surface area contributed by atoms with Gasteiger partial charge in [-0.2, -0.15) is 0 Å². The third-order valence-electron chi connectivity index (χ3n) is 2.74. The Labute approximate surface area is 105 Å². The Hall–Kier alpha value is -1.04. The van der Waals surface area contributed by atoms with Crippen LogP contribution in [0.3, 0.4) is 0 Å². The zero-order valence-corrected chi connectivity index (χ0v) is 10.9. The predicted molar refractivity (Wildman–Crippen MR) is 65.2 cm³/mol. The van der Waals surface area contributed by atoms with Crippen molar-refractivity contribution < 1.29 is 9.90 Å². The summed E-state index contributed by atoms with van der Waals surface area (Å²) in [6, 6.07) is 0.273. The number of aliphatic carboxylic acids is 1. The van der Waals surface area contributed by atoms with Crippen LogP contribution >= 0.6 is 11.8 Å². The van der Waals surface area contributed by atoms with E-state index in [1.165, 1.54) is 24.6 Å². The lowest BCUT2D eigenvalue weighted by Gasteiger charge is -2.12. The Morgan fingerprint density at radius 1 is 1.53 bits per heavy atom. The number of hydrogen-bond donors (Lipinski definition) is 1. The topological polar surface area (TPSA) is 68.0 Å². The fraction of sp³-hybridized carbons (Fsp3) is 0.727.